The zero-order valence-electron chi connectivity index (χ0n) is 14.6. The molecule has 0 radical (unpaired) electrons. The first kappa shape index (κ1) is 18.0. The van der Waals surface area contributed by atoms with Crippen LogP contribution in [0.25, 0.3) is 0 Å². The summed E-state index contributed by atoms with van der Waals surface area (Å²) < 4.78 is 9.88. The maximum atomic E-state index is 12.4. The second-order valence-electron chi connectivity index (χ2n) is 7.48. The Labute approximate surface area is 138 Å². The van der Waals surface area contributed by atoms with Gasteiger partial charge in [-0.1, -0.05) is 19.9 Å². The minimum absolute atomic E-state index is 0.0497. The van der Waals surface area contributed by atoms with Gasteiger partial charge in [-0.15, -0.1) is 0 Å². The highest BCUT2D eigenvalue weighted by Crippen LogP contribution is 2.62. The summed E-state index contributed by atoms with van der Waals surface area (Å²) in [6.07, 6.45) is 2.50. The molecule has 0 bridgehead atoms. The van der Waals surface area contributed by atoms with Crippen LogP contribution in [0, 0.1) is 22.7 Å². The molecule has 2 saturated carbocycles. The van der Waals surface area contributed by atoms with Crippen molar-refractivity contribution in [2.75, 3.05) is 14.2 Å². The SMILES string of the molecule is C=C1[C@H](O)CC2[C@](C)(CCC[C@]2(C)C(=O)OC)[C@H]1CC(=O)OC. The van der Waals surface area contributed by atoms with Gasteiger partial charge >= 0.3 is 11.9 Å². The van der Waals surface area contributed by atoms with Gasteiger partial charge in [0.15, 0.2) is 0 Å². The molecule has 0 amide bonds. The lowest BCUT2D eigenvalue weighted by atomic mass is 9.46. The number of methoxy groups -OCH3 is 2. The maximum absolute atomic E-state index is 12.4. The van der Waals surface area contributed by atoms with Gasteiger partial charge in [0.2, 0.25) is 0 Å². The summed E-state index contributed by atoms with van der Waals surface area (Å²) in [4.78, 5) is 24.3. The van der Waals surface area contributed by atoms with Crippen molar-refractivity contribution in [1.29, 1.82) is 0 Å². The summed E-state index contributed by atoms with van der Waals surface area (Å²) in [6, 6.07) is 0. The Kier molecular flexibility index (Phi) is 4.90. The predicted molar refractivity (Wildman–Crippen MR) is 85.5 cm³/mol. The predicted octanol–water partition coefficient (Wildman–Crippen LogP) is 2.47. The maximum Gasteiger partial charge on any atom is 0.311 e. The van der Waals surface area contributed by atoms with E-state index < -0.39 is 11.5 Å². The van der Waals surface area contributed by atoms with E-state index in [1.54, 1.807) is 0 Å². The second kappa shape index (κ2) is 6.27. The first-order valence-corrected chi connectivity index (χ1v) is 8.22. The first-order valence-electron chi connectivity index (χ1n) is 8.22. The van der Waals surface area contributed by atoms with Crippen LogP contribution in [0.1, 0.15) is 46.0 Å². The number of fused-ring (bicyclic) bond motifs is 1. The number of hydrogen-bond acceptors (Lipinski definition) is 5. The topological polar surface area (TPSA) is 72.8 Å². The normalized spacial score (nSPS) is 40.2. The van der Waals surface area contributed by atoms with Crippen LogP contribution in [0.2, 0.25) is 0 Å². The van der Waals surface area contributed by atoms with Crippen LogP contribution >= 0.6 is 0 Å². The molecule has 1 N–H and O–H groups in total. The number of rotatable bonds is 3. The number of ether oxygens (including phenoxy) is 2. The summed E-state index contributed by atoms with van der Waals surface area (Å²) in [7, 11) is 2.77. The summed E-state index contributed by atoms with van der Waals surface area (Å²) in [5.41, 5.74) is -0.230. The molecule has 1 unspecified atom stereocenters. The monoisotopic (exact) mass is 324 g/mol. The molecule has 23 heavy (non-hydrogen) atoms. The second-order valence-corrected chi connectivity index (χ2v) is 7.48. The molecule has 0 aromatic carbocycles. The van der Waals surface area contributed by atoms with E-state index in [-0.39, 0.29) is 35.6 Å². The number of aliphatic hydroxyl groups is 1. The minimum atomic E-state index is -0.704. The van der Waals surface area contributed by atoms with E-state index >= 15 is 0 Å². The molecule has 2 fully saturated rings. The molecule has 2 aliphatic carbocycles. The van der Waals surface area contributed by atoms with Gasteiger partial charge < -0.3 is 14.6 Å². The molecule has 130 valence electrons. The van der Waals surface area contributed by atoms with Crippen LogP contribution < -0.4 is 0 Å². The van der Waals surface area contributed by atoms with Crippen LogP contribution in [0.5, 0.6) is 0 Å². The largest absolute Gasteiger partial charge is 0.469 e. The molecule has 2 rings (SSSR count). The third-order valence-electron chi connectivity index (χ3n) is 6.36. The molecule has 0 heterocycles. The molecule has 2 aliphatic rings. The van der Waals surface area contributed by atoms with Gasteiger partial charge in [0.25, 0.3) is 0 Å². The standard InChI is InChI=1S/C18H28O5/c1-11-12(9-15(20)22-4)17(2)7-6-8-18(3,16(21)23-5)14(17)10-13(11)19/h12-14,19H,1,6-10H2,2-5H3/t12-,13+,14?,17+,18-/m0/s1. The van der Waals surface area contributed by atoms with Gasteiger partial charge in [0.1, 0.15) is 0 Å². The quantitative estimate of drug-likeness (QED) is 0.638. The fourth-order valence-electron chi connectivity index (χ4n) is 4.98. The number of carbonyl (C=O) groups is 2. The van der Waals surface area contributed by atoms with E-state index in [0.29, 0.717) is 12.0 Å². The van der Waals surface area contributed by atoms with E-state index in [4.69, 9.17) is 9.47 Å². The molecule has 0 spiro atoms. The Morgan fingerprint density at radius 1 is 1.26 bits per heavy atom. The first-order chi connectivity index (χ1) is 10.7. The van der Waals surface area contributed by atoms with Crippen molar-refractivity contribution in [1.82, 2.24) is 0 Å². The van der Waals surface area contributed by atoms with Crippen LogP contribution in [0.3, 0.4) is 0 Å². The lowest BCUT2D eigenvalue weighted by molar-refractivity contribution is -0.172. The molecule has 0 aromatic heterocycles. The van der Waals surface area contributed by atoms with Crippen molar-refractivity contribution in [3.8, 4) is 0 Å². The summed E-state index contributed by atoms with van der Waals surface area (Å²) in [6.45, 7) is 8.08. The van der Waals surface area contributed by atoms with Crippen molar-refractivity contribution >= 4 is 11.9 Å². The molecule has 0 aliphatic heterocycles. The zero-order valence-corrected chi connectivity index (χ0v) is 14.6. The molecule has 5 atom stereocenters. The van der Waals surface area contributed by atoms with E-state index in [9.17, 15) is 14.7 Å². The van der Waals surface area contributed by atoms with Gasteiger partial charge in [-0.25, -0.2) is 0 Å². The number of esters is 2. The third kappa shape index (κ3) is 2.80. The van der Waals surface area contributed by atoms with Crippen LogP contribution in [-0.4, -0.2) is 37.4 Å². The van der Waals surface area contributed by atoms with Crippen LogP contribution in [0.4, 0.5) is 0 Å². The Bertz CT molecular complexity index is 514. The highest BCUT2D eigenvalue weighted by molar-refractivity contribution is 5.77. The summed E-state index contributed by atoms with van der Waals surface area (Å²) in [5.74, 6) is -0.778. The van der Waals surface area contributed by atoms with Gasteiger partial charge in [-0.05, 0) is 49.0 Å². The Morgan fingerprint density at radius 2 is 1.91 bits per heavy atom. The van der Waals surface area contributed by atoms with Gasteiger partial charge in [-0.2, -0.15) is 0 Å². The van der Waals surface area contributed by atoms with Crippen molar-refractivity contribution in [2.24, 2.45) is 22.7 Å². The third-order valence-corrected chi connectivity index (χ3v) is 6.36. The zero-order chi connectivity index (χ0) is 17.4. The molecular formula is C18H28O5. The average molecular weight is 324 g/mol. The van der Waals surface area contributed by atoms with E-state index in [1.165, 1.54) is 14.2 Å². The van der Waals surface area contributed by atoms with E-state index in [1.807, 2.05) is 6.92 Å². The highest BCUT2D eigenvalue weighted by atomic mass is 16.5. The van der Waals surface area contributed by atoms with Crippen LogP contribution in [-0.2, 0) is 19.1 Å². The molecule has 0 saturated heterocycles. The molecule has 5 heteroatoms. The fraction of sp³-hybridized carbons (Fsp3) is 0.778. The van der Waals surface area contributed by atoms with Gasteiger partial charge in [0, 0.05) is 0 Å². The summed E-state index contributed by atoms with van der Waals surface area (Å²) >= 11 is 0. The fourth-order valence-corrected chi connectivity index (χ4v) is 4.98. The van der Waals surface area contributed by atoms with Crippen molar-refractivity contribution < 1.29 is 24.2 Å². The number of carbonyl (C=O) groups excluding carboxylic acids is 2. The lowest BCUT2D eigenvalue weighted by Crippen LogP contribution is -2.56. The average Bonchev–Trinajstić information content (AvgIpc) is 2.53. The van der Waals surface area contributed by atoms with Gasteiger partial charge in [-0.3, -0.25) is 9.59 Å². The number of hydrogen-bond donors (Lipinski definition) is 1. The van der Waals surface area contributed by atoms with Gasteiger partial charge in [0.05, 0.1) is 32.2 Å². The Hall–Kier alpha value is -1.36. The minimum Gasteiger partial charge on any atom is -0.469 e. The van der Waals surface area contributed by atoms with Crippen molar-refractivity contribution in [3.05, 3.63) is 12.2 Å². The van der Waals surface area contributed by atoms with E-state index in [0.717, 1.165) is 19.3 Å². The van der Waals surface area contributed by atoms with E-state index in [2.05, 4.69) is 13.5 Å². The summed E-state index contributed by atoms with van der Waals surface area (Å²) in [5, 5.41) is 10.5. The van der Waals surface area contributed by atoms with Crippen molar-refractivity contribution in [3.63, 3.8) is 0 Å². The van der Waals surface area contributed by atoms with Crippen LogP contribution in [0.15, 0.2) is 12.2 Å². The highest BCUT2D eigenvalue weighted by Gasteiger charge is 2.59. The lowest BCUT2D eigenvalue weighted by Gasteiger charge is -2.58. The Balaban J connectivity index is 2.44. The smallest absolute Gasteiger partial charge is 0.311 e. The van der Waals surface area contributed by atoms with Crippen molar-refractivity contribution in [2.45, 2.75) is 52.1 Å². The molecular weight excluding hydrogens is 296 g/mol. The number of aliphatic hydroxyl groups excluding tert-OH is 1. The Morgan fingerprint density at radius 3 is 2.48 bits per heavy atom. The molecule has 5 nitrogen and oxygen atoms in total. The molecule has 0 aromatic rings.